The van der Waals surface area contributed by atoms with Gasteiger partial charge in [0.1, 0.15) is 0 Å². The van der Waals surface area contributed by atoms with E-state index in [4.69, 9.17) is 11.6 Å². The van der Waals surface area contributed by atoms with Crippen LogP contribution in [0.25, 0.3) is 0 Å². The highest BCUT2D eigenvalue weighted by atomic mass is 35.5. The summed E-state index contributed by atoms with van der Waals surface area (Å²) < 4.78 is 0. The van der Waals surface area contributed by atoms with E-state index in [2.05, 4.69) is 10.6 Å². The van der Waals surface area contributed by atoms with Gasteiger partial charge in [-0.2, -0.15) is 0 Å². The number of hydrogen-bond donors (Lipinski definition) is 2. The molecule has 1 rings (SSSR count). The molecule has 92 valence electrons. The summed E-state index contributed by atoms with van der Waals surface area (Å²) in [5.41, 5.74) is 0.429. The summed E-state index contributed by atoms with van der Waals surface area (Å²) in [7, 11) is 0. The number of nitrogens with one attached hydrogen (secondary N) is 2. The molecule has 0 bridgehead atoms. The minimum atomic E-state index is -0.710. The molecule has 1 aromatic rings. The van der Waals surface area contributed by atoms with Crippen molar-refractivity contribution >= 4 is 29.1 Å². The minimum Gasteiger partial charge on any atom is -0.345 e. The van der Waals surface area contributed by atoms with E-state index in [-0.39, 0.29) is 6.04 Å². The number of anilines is 1. The van der Waals surface area contributed by atoms with Gasteiger partial charge in [-0.1, -0.05) is 30.7 Å². The van der Waals surface area contributed by atoms with E-state index in [9.17, 15) is 9.59 Å². The van der Waals surface area contributed by atoms with Gasteiger partial charge in [0.05, 0.1) is 10.7 Å². The van der Waals surface area contributed by atoms with Crippen LogP contribution in [0.1, 0.15) is 20.3 Å². The van der Waals surface area contributed by atoms with Crippen molar-refractivity contribution in [1.29, 1.82) is 0 Å². The van der Waals surface area contributed by atoms with Crippen molar-refractivity contribution in [1.82, 2.24) is 5.32 Å². The summed E-state index contributed by atoms with van der Waals surface area (Å²) in [5.74, 6) is -1.36. The van der Waals surface area contributed by atoms with Gasteiger partial charge in [0.25, 0.3) is 0 Å². The third kappa shape index (κ3) is 4.07. The van der Waals surface area contributed by atoms with Crippen LogP contribution in [0.3, 0.4) is 0 Å². The molecule has 0 aliphatic carbocycles. The molecule has 1 aromatic carbocycles. The van der Waals surface area contributed by atoms with Crippen LogP contribution < -0.4 is 10.6 Å². The molecular weight excluding hydrogens is 240 g/mol. The summed E-state index contributed by atoms with van der Waals surface area (Å²) in [4.78, 5) is 23.0. The average molecular weight is 255 g/mol. The molecule has 0 aliphatic rings. The highest BCUT2D eigenvalue weighted by Gasteiger charge is 2.16. The smallest absolute Gasteiger partial charge is 0.313 e. The fourth-order valence-electron chi connectivity index (χ4n) is 1.13. The lowest BCUT2D eigenvalue weighted by molar-refractivity contribution is -0.136. The molecule has 1 atom stereocenters. The Bertz CT molecular complexity index is 421. The lowest BCUT2D eigenvalue weighted by Gasteiger charge is -2.11. The highest BCUT2D eigenvalue weighted by molar-refractivity contribution is 6.41. The zero-order valence-electron chi connectivity index (χ0n) is 9.79. The van der Waals surface area contributed by atoms with Gasteiger partial charge in [-0.05, 0) is 25.5 Å². The minimum absolute atomic E-state index is 0.0282. The van der Waals surface area contributed by atoms with Crippen molar-refractivity contribution in [2.24, 2.45) is 0 Å². The molecule has 17 heavy (non-hydrogen) atoms. The molecule has 4 nitrogen and oxygen atoms in total. The van der Waals surface area contributed by atoms with Gasteiger partial charge >= 0.3 is 11.8 Å². The Morgan fingerprint density at radius 3 is 2.53 bits per heavy atom. The number of carbonyl (C=O) groups excluding carboxylic acids is 2. The number of para-hydroxylation sites is 1. The number of rotatable bonds is 3. The van der Waals surface area contributed by atoms with Gasteiger partial charge in [-0.15, -0.1) is 0 Å². The molecule has 0 aliphatic heterocycles. The Balaban J connectivity index is 2.61. The summed E-state index contributed by atoms with van der Waals surface area (Å²) in [6.45, 7) is 3.76. The van der Waals surface area contributed by atoms with Gasteiger partial charge in [0.15, 0.2) is 0 Å². The van der Waals surface area contributed by atoms with E-state index in [1.807, 2.05) is 13.8 Å². The van der Waals surface area contributed by atoms with Gasteiger partial charge in [0, 0.05) is 6.04 Å². The van der Waals surface area contributed by atoms with Crippen LogP contribution in [0.5, 0.6) is 0 Å². The first-order valence-electron chi connectivity index (χ1n) is 5.41. The largest absolute Gasteiger partial charge is 0.345 e. The van der Waals surface area contributed by atoms with Gasteiger partial charge in [-0.25, -0.2) is 0 Å². The fraction of sp³-hybridized carbons (Fsp3) is 0.333. The molecule has 0 saturated heterocycles. The van der Waals surface area contributed by atoms with Crippen LogP contribution in [0.4, 0.5) is 5.69 Å². The third-order valence-corrected chi connectivity index (χ3v) is 2.65. The van der Waals surface area contributed by atoms with Gasteiger partial charge < -0.3 is 10.6 Å². The number of benzene rings is 1. The van der Waals surface area contributed by atoms with E-state index >= 15 is 0 Å². The second kappa shape index (κ2) is 6.25. The lowest BCUT2D eigenvalue weighted by atomic mass is 10.2. The van der Waals surface area contributed by atoms with Crippen molar-refractivity contribution in [3.8, 4) is 0 Å². The van der Waals surface area contributed by atoms with Crippen molar-refractivity contribution in [2.75, 3.05) is 5.32 Å². The molecule has 5 heteroatoms. The maximum Gasteiger partial charge on any atom is 0.313 e. The van der Waals surface area contributed by atoms with Crippen LogP contribution in [-0.2, 0) is 9.59 Å². The average Bonchev–Trinajstić information content (AvgIpc) is 2.31. The van der Waals surface area contributed by atoms with Crippen LogP contribution in [0.15, 0.2) is 24.3 Å². The maximum absolute atomic E-state index is 11.5. The van der Waals surface area contributed by atoms with E-state index < -0.39 is 11.8 Å². The second-order valence-corrected chi connectivity index (χ2v) is 4.12. The topological polar surface area (TPSA) is 58.2 Å². The molecule has 0 aromatic heterocycles. The summed E-state index contributed by atoms with van der Waals surface area (Å²) in [6.07, 6.45) is 0.769. The standard InChI is InChI=1S/C12H15ClN2O2/c1-3-8(2)14-11(16)12(17)15-10-7-5-4-6-9(10)13/h4-8H,3H2,1-2H3,(H,14,16)(H,15,17)/t8-/m0/s1. The third-order valence-electron chi connectivity index (χ3n) is 2.32. The summed E-state index contributed by atoms with van der Waals surface area (Å²) in [5, 5.41) is 5.43. The number of hydrogen-bond acceptors (Lipinski definition) is 2. The zero-order chi connectivity index (χ0) is 12.8. The van der Waals surface area contributed by atoms with Crippen LogP contribution >= 0.6 is 11.6 Å². The molecule has 0 heterocycles. The molecule has 0 fully saturated rings. The van der Waals surface area contributed by atoms with Crippen molar-refractivity contribution in [3.63, 3.8) is 0 Å². The number of halogens is 1. The number of carbonyl (C=O) groups is 2. The summed E-state index contributed by atoms with van der Waals surface area (Å²) >= 11 is 5.86. The van der Waals surface area contributed by atoms with Gasteiger partial charge in [0.2, 0.25) is 0 Å². The first kappa shape index (κ1) is 13.5. The Labute approximate surface area is 105 Å². The predicted octanol–water partition coefficient (Wildman–Crippen LogP) is 2.19. The fourth-order valence-corrected chi connectivity index (χ4v) is 1.32. The van der Waals surface area contributed by atoms with E-state index in [1.165, 1.54) is 0 Å². The van der Waals surface area contributed by atoms with Crippen molar-refractivity contribution < 1.29 is 9.59 Å². The lowest BCUT2D eigenvalue weighted by Crippen LogP contribution is -2.40. The Kier molecular flexibility index (Phi) is 4.97. The number of amides is 2. The monoisotopic (exact) mass is 254 g/mol. The SMILES string of the molecule is CC[C@H](C)NC(=O)C(=O)Nc1ccccc1Cl. The van der Waals surface area contributed by atoms with Crippen LogP contribution in [0, 0.1) is 0 Å². The van der Waals surface area contributed by atoms with Crippen molar-refractivity contribution in [2.45, 2.75) is 26.3 Å². The van der Waals surface area contributed by atoms with E-state index in [0.717, 1.165) is 6.42 Å². The zero-order valence-corrected chi connectivity index (χ0v) is 10.5. The molecule has 0 unspecified atom stereocenters. The normalized spacial score (nSPS) is 11.7. The van der Waals surface area contributed by atoms with Gasteiger partial charge in [-0.3, -0.25) is 9.59 Å². The van der Waals surface area contributed by atoms with E-state index in [0.29, 0.717) is 10.7 Å². The summed E-state index contributed by atoms with van der Waals surface area (Å²) in [6, 6.07) is 6.73. The molecule has 0 radical (unpaired) electrons. The highest BCUT2D eigenvalue weighted by Crippen LogP contribution is 2.20. The van der Waals surface area contributed by atoms with Crippen LogP contribution in [0.2, 0.25) is 5.02 Å². The Morgan fingerprint density at radius 1 is 1.29 bits per heavy atom. The Hall–Kier alpha value is -1.55. The van der Waals surface area contributed by atoms with E-state index in [1.54, 1.807) is 24.3 Å². The molecule has 2 amide bonds. The Morgan fingerprint density at radius 2 is 1.94 bits per heavy atom. The molecule has 2 N–H and O–H groups in total. The second-order valence-electron chi connectivity index (χ2n) is 3.72. The molecular formula is C12H15ClN2O2. The quantitative estimate of drug-likeness (QED) is 0.813. The van der Waals surface area contributed by atoms with Crippen molar-refractivity contribution in [3.05, 3.63) is 29.3 Å². The molecule has 0 saturated carbocycles. The van der Waals surface area contributed by atoms with Crippen LogP contribution in [-0.4, -0.2) is 17.9 Å². The molecule has 0 spiro atoms. The first-order valence-corrected chi connectivity index (χ1v) is 5.78. The first-order chi connectivity index (χ1) is 8.04. The maximum atomic E-state index is 11.5. The predicted molar refractivity (Wildman–Crippen MR) is 68.0 cm³/mol.